The van der Waals surface area contributed by atoms with Crippen LogP contribution in [0.5, 0.6) is 0 Å². The summed E-state index contributed by atoms with van der Waals surface area (Å²) in [6.45, 7) is 0. The Morgan fingerprint density at radius 3 is 2.50 bits per heavy atom. The van der Waals surface area contributed by atoms with Gasteiger partial charge < -0.3 is 10.8 Å². The lowest BCUT2D eigenvalue weighted by atomic mass is 10.1. The molecule has 0 spiro atoms. The molecular formula is C9H11NO2. The van der Waals surface area contributed by atoms with Crippen molar-refractivity contribution in [3.05, 3.63) is 35.9 Å². The van der Waals surface area contributed by atoms with Crippen LogP contribution in [0, 0.1) is 0 Å². The normalized spacial score (nSPS) is 12.4. The molecule has 1 amide bonds. The molecular weight excluding hydrogens is 154 g/mol. The zero-order chi connectivity index (χ0) is 8.97. The molecule has 0 heterocycles. The molecule has 0 aliphatic rings. The Kier molecular flexibility index (Phi) is 2.82. The molecule has 1 rings (SSSR count). The Labute approximate surface area is 70.8 Å². The molecule has 1 aromatic carbocycles. The van der Waals surface area contributed by atoms with Gasteiger partial charge in [0, 0.05) is 0 Å². The van der Waals surface area contributed by atoms with Gasteiger partial charge in [-0.3, -0.25) is 4.79 Å². The van der Waals surface area contributed by atoms with E-state index < -0.39 is 12.0 Å². The summed E-state index contributed by atoms with van der Waals surface area (Å²) in [5, 5.41) is 9.39. The highest BCUT2D eigenvalue weighted by Gasteiger charge is 2.08. The van der Waals surface area contributed by atoms with Gasteiger partial charge >= 0.3 is 0 Å². The van der Waals surface area contributed by atoms with E-state index in [1.807, 2.05) is 6.07 Å². The SMILES string of the molecule is NC(=O)C[C@@H](O)c1ccccc1. The Morgan fingerprint density at radius 1 is 1.42 bits per heavy atom. The monoisotopic (exact) mass is 165 g/mol. The number of hydrogen-bond acceptors (Lipinski definition) is 2. The first-order valence-electron chi connectivity index (χ1n) is 3.71. The third-order valence-corrected chi connectivity index (χ3v) is 1.58. The van der Waals surface area contributed by atoms with Crippen molar-refractivity contribution in [2.75, 3.05) is 0 Å². The Bertz CT molecular complexity index is 258. The molecule has 0 bridgehead atoms. The van der Waals surface area contributed by atoms with Gasteiger partial charge in [-0.1, -0.05) is 30.3 Å². The number of carbonyl (C=O) groups excluding carboxylic acids is 1. The van der Waals surface area contributed by atoms with Crippen LogP contribution in [0.25, 0.3) is 0 Å². The number of amides is 1. The second-order valence-electron chi connectivity index (χ2n) is 2.60. The maximum Gasteiger partial charge on any atom is 0.220 e. The van der Waals surface area contributed by atoms with Crippen LogP contribution in [0.15, 0.2) is 30.3 Å². The summed E-state index contributed by atoms with van der Waals surface area (Å²) in [5.41, 5.74) is 5.65. The fourth-order valence-corrected chi connectivity index (χ4v) is 0.984. The number of primary amides is 1. The zero-order valence-electron chi connectivity index (χ0n) is 6.60. The Balaban J connectivity index is 2.65. The van der Waals surface area contributed by atoms with Crippen LogP contribution in [0.2, 0.25) is 0 Å². The predicted octanol–water partition coefficient (Wildman–Crippen LogP) is 0.595. The van der Waals surface area contributed by atoms with E-state index in [1.54, 1.807) is 24.3 Å². The Morgan fingerprint density at radius 2 is 2.00 bits per heavy atom. The van der Waals surface area contributed by atoms with Crippen molar-refractivity contribution >= 4 is 5.91 Å². The number of benzene rings is 1. The van der Waals surface area contributed by atoms with E-state index in [1.165, 1.54) is 0 Å². The van der Waals surface area contributed by atoms with Gasteiger partial charge in [-0.05, 0) is 5.56 Å². The number of nitrogens with two attached hydrogens (primary N) is 1. The lowest BCUT2D eigenvalue weighted by Crippen LogP contribution is -2.14. The van der Waals surface area contributed by atoms with Crippen molar-refractivity contribution in [1.29, 1.82) is 0 Å². The highest BCUT2D eigenvalue weighted by molar-refractivity contribution is 5.74. The molecule has 0 saturated carbocycles. The van der Waals surface area contributed by atoms with E-state index in [-0.39, 0.29) is 6.42 Å². The third kappa shape index (κ3) is 2.36. The molecule has 1 aromatic rings. The van der Waals surface area contributed by atoms with Crippen LogP contribution in [-0.4, -0.2) is 11.0 Å². The van der Waals surface area contributed by atoms with Gasteiger partial charge in [0.15, 0.2) is 0 Å². The molecule has 3 N–H and O–H groups in total. The fourth-order valence-electron chi connectivity index (χ4n) is 0.984. The van der Waals surface area contributed by atoms with E-state index in [2.05, 4.69) is 0 Å². The quantitative estimate of drug-likeness (QED) is 0.688. The molecule has 0 aromatic heterocycles. The van der Waals surface area contributed by atoms with Crippen LogP contribution < -0.4 is 5.73 Å². The summed E-state index contributed by atoms with van der Waals surface area (Å²) in [6.07, 6.45) is -0.798. The summed E-state index contributed by atoms with van der Waals surface area (Å²) < 4.78 is 0. The minimum absolute atomic E-state index is 0.0238. The maximum absolute atomic E-state index is 10.4. The number of hydrogen-bond donors (Lipinski definition) is 2. The first-order valence-corrected chi connectivity index (χ1v) is 3.71. The van der Waals surface area contributed by atoms with E-state index in [4.69, 9.17) is 5.73 Å². The predicted molar refractivity (Wildman–Crippen MR) is 45.2 cm³/mol. The van der Waals surface area contributed by atoms with Crippen molar-refractivity contribution in [3.8, 4) is 0 Å². The average molecular weight is 165 g/mol. The minimum atomic E-state index is -0.774. The van der Waals surface area contributed by atoms with Gasteiger partial charge in [-0.25, -0.2) is 0 Å². The highest BCUT2D eigenvalue weighted by atomic mass is 16.3. The molecule has 0 radical (unpaired) electrons. The molecule has 3 nitrogen and oxygen atoms in total. The Hall–Kier alpha value is -1.35. The van der Waals surface area contributed by atoms with Gasteiger partial charge in [-0.2, -0.15) is 0 Å². The van der Waals surface area contributed by atoms with Crippen molar-refractivity contribution in [3.63, 3.8) is 0 Å². The van der Waals surface area contributed by atoms with E-state index >= 15 is 0 Å². The van der Waals surface area contributed by atoms with Crippen LogP contribution >= 0.6 is 0 Å². The topological polar surface area (TPSA) is 63.3 Å². The smallest absolute Gasteiger partial charge is 0.220 e. The van der Waals surface area contributed by atoms with Crippen LogP contribution in [0.4, 0.5) is 0 Å². The first-order chi connectivity index (χ1) is 5.70. The maximum atomic E-state index is 10.4. The van der Waals surface area contributed by atoms with Crippen LogP contribution in [-0.2, 0) is 4.79 Å². The molecule has 0 unspecified atom stereocenters. The molecule has 0 aliphatic carbocycles. The molecule has 0 saturated heterocycles. The number of carbonyl (C=O) groups is 1. The van der Waals surface area contributed by atoms with Gasteiger partial charge in [0.1, 0.15) is 0 Å². The molecule has 12 heavy (non-hydrogen) atoms. The lowest BCUT2D eigenvalue weighted by Gasteiger charge is -2.07. The van der Waals surface area contributed by atoms with Crippen molar-refractivity contribution < 1.29 is 9.90 Å². The second-order valence-corrected chi connectivity index (χ2v) is 2.60. The summed E-state index contributed by atoms with van der Waals surface area (Å²) in [6, 6.07) is 8.97. The van der Waals surface area contributed by atoms with Crippen LogP contribution in [0.3, 0.4) is 0 Å². The molecule has 64 valence electrons. The number of aliphatic hydroxyl groups excluding tert-OH is 1. The fraction of sp³-hybridized carbons (Fsp3) is 0.222. The summed E-state index contributed by atoms with van der Waals surface area (Å²) in [7, 11) is 0. The summed E-state index contributed by atoms with van der Waals surface area (Å²) in [4.78, 5) is 10.4. The van der Waals surface area contributed by atoms with Crippen molar-refractivity contribution in [1.82, 2.24) is 0 Å². The summed E-state index contributed by atoms with van der Waals surface area (Å²) >= 11 is 0. The van der Waals surface area contributed by atoms with Crippen molar-refractivity contribution in [2.24, 2.45) is 5.73 Å². The minimum Gasteiger partial charge on any atom is -0.388 e. The standard InChI is InChI=1S/C9H11NO2/c10-9(12)6-8(11)7-4-2-1-3-5-7/h1-5,8,11H,6H2,(H2,10,12)/t8-/m1/s1. The summed E-state index contributed by atoms with van der Waals surface area (Å²) in [5.74, 6) is -0.494. The third-order valence-electron chi connectivity index (χ3n) is 1.58. The average Bonchev–Trinajstić information content (AvgIpc) is 2.05. The lowest BCUT2D eigenvalue weighted by molar-refractivity contribution is -0.119. The van der Waals surface area contributed by atoms with Crippen LogP contribution in [0.1, 0.15) is 18.1 Å². The molecule has 0 aliphatic heterocycles. The molecule has 3 heteroatoms. The number of aliphatic hydroxyl groups is 1. The molecule has 1 atom stereocenters. The molecule has 0 fully saturated rings. The van der Waals surface area contributed by atoms with E-state index in [0.29, 0.717) is 0 Å². The second kappa shape index (κ2) is 3.88. The van der Waals surface area contributed by atoms with Gasteiger partial charge in [0.2, 0.25) is 5.91 Å². The van der Waals surface area contributed by atoms with Gasteiger partial charge in [0.05, 0.1) is 12.5 Å². The van der Waals surface area contributed by atoms with E-state index in [9.17, 15) is 9.90 Å². The van der Waals surface area contributed by atoms with Gasteiger partial charge in [-0.15, -0.1) is 0 Å². The number of rotatable bonds is 3. The largest absolute Gasteiger partial charge is 0.388 e. The van der Waals surface area contributed by atoms with Gasteiger partial charge in [0.25, 0.3) is 0 Å². The van der Waals surface area contributed by atoms with E-state index in [0.717, 1.165) is 5.56 Å². The zero-order valence-corrected chi connectivity index (χ0v) is 6.60. The first kappa shape index (κ1) is 8.74. The van der Waals surface area contributed by atoms with Crippen molar-refractivity contribution in [2.45, 2.75) is 12.5 Å². The highest BCUT2D eigenvalue weighted by Crippen LogP contribution is 2.14.